The Morgan fingerprint density at radius 1 is 1.12 bits per heavy atom. The van der Waals surface area contributed by atoms with Crippen LogP contribution in [-0.4, -0.2) is 42.9 Å². The van der Waals surface area contributed by atoms with Crippen molar-refractivity contribution in [1.29, 1.82) is 0 Å². The molecule has 132 valence electrons. The molecule has 0 atom stereocenters. The van der Waals surface area contributed by atoms with Crippen molar-refractivity contribution in [3.05, 3.63) is 35.9 Å². The van der Waals surface area contributed by atoms with Crippen LogP contribution in [-0.2, 0) is 16.1 Å². The monoisotopic (exact) mass is 331 g/mol. The Hall–Kier alpha value is -1.88. The van der Waals surface area contributed by atoms with Gasteiger partial charge in [-0.05, 0) is 37.4 Å². The lowest BCUT2D eigenvalue weighted by molar-refractivity contribution is -0.127. The van der Waals surface area contributed by atoms with Gasteiger partial charge in [-0.2, -0.15) is 0 Å². The van der Waals surface area contributed by atoms with Crippen LogP contribution in [0.2, 0.25) is 0 Å². The molecule has 5 heteroatoms. The molecule has 2 rings (SSSR count). The van der Waals surface area contributed by atoms with Crippen LogP contribution in [0.15, 0.2) is 30.3 Å². The van der Waals surface area contributed by atoms with E-state index in [4.69, 9.17) is 0 Å². The maximum Gasteiger partial charge on any atom is 0.234 e. The molecule has 0 aliphatic carbocycles. The molecule has 24 heavy (non-hydrogen) atoms. The molecule has 0 bridgehead atoms. The third-order valence-corrected chi connectivity index (χ3v) is 4.34. The standard InChI is InChI=1S/C19H29N3O2/c1-15(2)12-20-18(23)14-22-10-8-17(9-11-22)19(24)21-13-16-6-4-3-5-7-16/h3-7,15,17H,8-14H2,1-2H3,(H,20,23)(H,21,24). The first-order valence-corrected chi connectivity index (χ1v) is 8.85. The third-order valence-electron chi connectivity index (χ3n) is 4.34. The van der Waals surface area contributed by atoms with Gasteiger partial charge in [0.1, 0.15) is 0 Å². The number of rotatable bonds is 7. The number of hydrogen-bond acceptors (Lipinski definition) is 3. The molecule has 1 heterocycles. The minimum Gasteiger partial charge on any atom is -0.355 e. The summed E-state index contributed by atoms with van der Waals surface area (Å²) in [6, 6.07) is 9.95. The number of nitrogens with zero attached hydrogens (tertiary/aromatic N) is 1. The molecule has 1 aromatic carbocycles. The molecule has 1 fully saturated rings. The summed E-state index contributed by atoms with van der Waals surface area (Å²) in [4.78, 5) is 26.3. The van der Waals surface area contributed by atoms with Crippen molar-refractivity contribution in [3.8, 4) is 0 Å². The van der Waals surface area contributed by atoms with Crippen LogP contribution in [0.25, 0.3) is 0 Å². The van der Waals surface area contributed by atoms with Crippen molar-refractivity contribution >= 4 is 11.8 Å². The summed E-state index contributed by atoms with van der Waals surface area (Å²) in [5, 5.41) is 5.96. The van der Waals surface area contributed by atoms with Crippen LogP contribution in [0.5, 0.6) is 0 Å². The van der Waals surface area contributed by atoms with Crippen molar-refractivity contribution in [2.24, 2.45) is 11.8 Å². The molecule has 1 aliphatic rings. The second-order valence-electron chi connectivity index (χ2n) is 6.95. The predicted molar refractivity (Wildman–Crippen MR) is 95.3 cm³/mol. The van der Waals surface area contributed by atoms with Gasteiger partial charge >= 0.3 is 0 Å². The normalized spacial score (nSPS) is 16.1. The Bertz CT molecular complexity index is 523. The van der Waals surface area contributed by atoms with Crippen LogP contribution >= 0.6 is 0 Å². The van der Waals surface area contributed by atoms with Gasteiger partial charge in [0.05, 0.1) is 6.54 Å². The molecule has 2 N–H and O–H groups in total. The highest BCUT2D eigenvalue weighted by atomic mass is 16.2. The Balaban J connectivity index is 1.66. The second kappa shape index (κ2) is 9.42. The van der Waals surface area contributed by atoms with Gasteiger partial charge in [-0.1, -0.05) is 44.2 Å². The lowest BCUT2D eigenvalue weighted by atomic mass is 9.96. The van der Waals surface area contributed by atoms with Crippen molar-refractivity contribution in [2.75, 3.05) is 26.2 Å². The van der Waals surface area contributed by atoms with Crippen molar-refractivity contribution < 1.29 is 9.59 Å². The summed E-state index contributed by atoms with van der Waals surface area (Å²) >= 11 is 0. The average Bonchev–Trinajstić information content (AvgIpc) is 2.59. The highest BCUT2D eigenvalue weighted by molar-refractivity contribution is 5.79. The van der Waals surface area contributed by atoms with E-state index in [0.717, 1.165) is 38.0 Å². The smallest absolute Gasteiger partial charge is 0.234 e. The number of hydrogen-bond donors (Lipinski definition) is 2. The Kier molecular flexibility index (Phi) is 7.25. The molecule has 2 amide bonds. The Morgan fingerprint density at radius 3 is 2.42 bits per heavy atom. The third kappa shape index (κ3) is 6.32. The van der Waals surface area contributed by atoms with Gasteiger partial charge in [0.2, 0.25) is 11.8 Å². The molecule has 0 saturated carbocycles. The second-order valence-corrected chi connectivity index (χ2v) is 6.95. The van der Waals surface area contributed by atoms with Crippen LogP contribution < -0.4 is 10.6 Å². The van der Waals surface area contributed by atoms with E-state index in [1.54, 1.807) is 0 Å². The molecule has 0 unspecified atom stereocenters. The van der Waals surface area contributed by atoms with E-state index < -0.39 is 0 Å². The first-order chi connectivity index (χ1) is 11.5. The highest BCUT2D eigenvalue weighted by Gasteiger charge is 2.25. The van der Waals surface area contributed by atoms with E-state index in [0.29, 0.717) is 19.0 Å². The van der Waals surface area contributed by atoms with Crippen molar-refractivity contribution in [3.63, 3.8) is 0 Å². The topological polar surface area (TPSA) is 61.4 Å². The van der Waals surface area contributed by atoms with E-state index in [-0.39, 0.29) is 17.7 Å². The predicted octanol–water partition coefficient (Wildman–Crippen LogP) is 1.79. The largest absolute Gasteiger partial charge is 0.355 e. The van der Waals surface area contributed by atoms with Crippen molar-refractivity contribution in [2.45, 2.75) is 33.2 Å². The fourth-order valence-corrected chi connectivity index (χ4v) is 2.86. The zero-order valence-electron chi connectivity index (χ0n) is 14.8. The lowest BCUT2D eigenvalue weighted by Gasteiger charge is -2.30. The number of carbonyl (C=O) groups excluding carboxylic acids is 2. The number of nitrogens with one attached hydrogen (secondary N) is 2. The minimum absolute atomic E-state index is 0.0590. The van der Waals surface area contributed by atoms with Gasteiger partial charge < -0.3 is 10.6 Å². The van der Waals surface area contributed by atoms with Gasteiger partial charge in [0.25, 0.3) is 0 Å². The van der Waals surface area contributed by atoms with Crippen LogP contribution in [0, 0.1) is 11.8 Å². The maximum atomic E-state index is 12.3. The van der Waals surface area contributed by atoms with E-state index >= 15 is 0 Å². The van der Waals surface area contributed by atoms with E-state index in [1.807, 2.05) is 30.3 Å². The molecular formula is C19H29N3O2. The SMILES string of the molecule is CC(C)CNC(=O)CN1CCC(C(=O)NCc2ccccc2)CC1. The van der Waals surface area contributed by atoms with Gasteiger partial charge in [-0.15, -0.1) is 0 Å². The highest BCUT2D eigenvalue weighted by Crippen LogP contribution is 2.17. The van der Waals surface area contributed by atoms with Crippen LogP contribution in [0.4, 0.5) is 0 Å². The number of likely N-dealkylation sites (tertiary alicyclic amines) is 1. The minimum atomic E-state index is 0.0590. The zero-order chi connectivity index (χ0) is 17.4. The molecular weight excluding hydrogens is 302 g/mol. The summed E-state index contributed by atoms with van der Waals surface area (Å²) in [5.41, 5.74) is 1.12. The summed E-state index contributed by atoms with van der Waals surface area (Å²) in [6.45, 7) is 7.51. The summed E-state index contributed by atoms with van der Waals surface area (Å²) in [7, 11) is 0. The molecule has 5 nitrogen and oxygen atoms in total. The summed E-state index contributed by atoms with van der Waals surface area (Å²) < 4.78 is 0. The molecule has 1 aromatic rings. The fourth-order valence-electron chi connectivity index (χ4n) is 2.86. The first kappa shape index (κ1) is 18.5. The van der Waals surface area contributed by atoms with E-state index in [2.05, 4.69) is 29.4 Å². The fraction of sp³-hybridized carbons (Fsp3) is 0.579. The first-order valence-electron chi connectivity index (χ1n) is 8.85. The number of piperidine rings is 1. The Labute approximate surface area is 144 Å². The molecule has 1 saturated heterocycles. The number of amides is 2. The van der Waals surface area contributed by atoms with Gasteiger partial charge in [0, 0.05) is 19.0 Å². The average molecular weight is 331 g/mol. The van der Waals surface area contributed by atoms with Gasteiger partial charge in [-0.25, -0.2) is 0 Å². The molecule has 0 radical (unpaired) electrons. The maximum absolute atomic E-state index is 12.3. The van der Waals surface area contributed by atoms with E-state index in [9.17, 15) is 9.59 Å². The molecule has 0 aromatic heterocycles. The Morgan fingerprint density at radius 2 is 1.79 bits per heavy atom. The number of benzene rings is 1. The summed E-state index contributed by atoms with van der Waals surface area (Å²) in [5.74, 6) is 0.732. The molecule has 1 aliphatic heterocycles. The summed E-state index contributed by atoms with van der Waals surface area (Å²) in [6.07, 6.45) is 1.64. The lowest BCUT2D eigenvalue weighted by Crippen LogP contribution is -2.44. The zero-order valence-corrected chi connectivity index (χ0v) is 14.8. The molecule has 0 spiro atoms. The quantitative estimate of drug-likeness (QED) is 0.801. The number of carbonyl (C=O) groups is 2. The van der Waals surface area contributed by atoms with Crippen LogP contribution in [0.1, 0.15) is 32.3 Å². The van der Waals surface area contributed by atoms with Gasteiger partial charge in [-0.3, -0.25) is 14.5 Å². The van der Waals surface area contributed by atoms with Gasteiger partial charge in [0.15, 0.2) is 0 Å². The van der Waals surface area contributed by atoms with Crippen LogP contribution in [0.3, 0.4) is 0 Å². The van der Waals surface area contributed by atoms with Crippen molar-refractivity contribution in [1.82, 2.24) is 15.5 Å². The van der Waals surface area contributed by atoms with E-state index in [1.165, 1.54) is 0 Å².